The Morgan fingerprint density at radius 2 is 2.12 bits per heavy atom. The number of likely N-dealkylation sites (tertiary alicyclic amines) is 1. The number of nitrogens with zero attached hydrogens (tertiary/aromatic N) is 7. The molecule has 12 heteroatoms. The van der Waals surface area contributed by atoms with Crippen molar-refractivity contribution in [2.24, 2.45) is 0 Å². The van der Waals surface area contributed by atoms with Gasteiger partial charge in [-0.2, -0.15) is 5.10 Å². The first kappa shape index (κ1) is 22.2. The predicted octanol–water partition coefficient (Wildman–Crippen LogP) is 1.09. The van der Waals surface area contributed by atoms with Crippen LogP contribution in [0.25, 0.3) is 5.82 Å². The summed E-state index contributed by atoms with van der Waals surface area (Å²) in [6.07, 6.45) is 6.21. The number of ether oxygens (including phenoxy) is 2. The number of rotatable bonds is 8. The average Bonchev–Trinajstić information content (AvgIpc) is 3.50. The second-order valence-corrected chi connectivity index (χ2v) is 8.43. The number of carboxylic acids is 1. The predicted molar refractivity (Wildman–Crippen MR) is 116 cm³/mol. The van der Waals surface area contributed by atoms with Crippen LogP contribution in [-0.2, 0) is 20.9 Å². The topological polar surface area (TPSA) is 137 Å². The first-order chi connectivity index (χ1) is 16.5. The largest absolute Gasteiger partial charge is 0.481 e. The summed E-state index contributed by atoms with van der Waals surface area (Å²) in [4.78, 5) is 29.8. The molecule has 1 N–H and O–H groups in total. The Bertz CT molecular complexity index is 1140. The lowest BCUT2D eigenvalue weighted by Gasteiger charge is -2.38. The molecule has 2 fully saturated rings. The van der Waals surface area contributed by atoms with Gasteiger partial charge in [-0.1, -0.05) is 11.3 Å². The van der Waals surface area contributed by atoms with Gasteiger partial charge in [-0.25, -0.2) is 14.3 Å². The summed E-state index contributed by atoms with van der Waals surface area (Å²) in [5.74, 6) is -0.422. The van der Waals surface area contributed by atoms with Crippen molar-refractivity contribution in [3.05, 3.63) is 54.2 Å². The zero-order valence-electron chi connectivity index (χ0n) is 18.4. The smallest absolute Gasteiger partial charge is 0.305 e. The standard InChI is InChI=1S/C22H25N7O5/c30-21(31)10-17-9-16(5-8-33-17)29-11-15(25-26-29)14-34-18-12-27(13-18)22(32)19-3-1-4-20(24-19)28-7-2-6-23-28/h1-4,6-7,11,16-18H,5,8-10,12-14H2,(H,30,31). The van der Waals surface area contributed by atoms with E-state index >= 15 is 0 Å². The van der Waals surface area contributed by atoms with Crippen molar-refractivity contribution in [3.8, 4) is 5.82 Å². The Labute approximate surface area is 195 Å². The quantitative estimate of drug-likeness (QED) is 0.516. The van der Waals surface area contributed by atoms with Crippen molar-refractivity contribution >= 4 is 11.9 Å². The first-order valence-corrected chi connectivity index (χ1v) is 11.2. The molecule has 34 heavy (non-hydrogen) atoms. The van der Waals surface area contributed by atoms with E-state index in [4.69, 9.17) is 14.6 Å². The Morgan fingerprint density at radius 1 is 1.24 bits per heavy atom. The minimum Gasteiger partial charge on any atom is -0.481 e. The fraction of sp³-hybridized carbons (Fsp3) is 0.455. The van der Waals surface area contributed by atoms with E-state index in [1.807, 2.05) is 6.20 Å². The van der Waals surface area contributed by atoms with E-state index < -0.39 is 5.97 Å². The molecule has 3 aromatic heterocycles. The molecular weight excluding hydrogens is 442 g/mol. The highest BCUT2D eigenvalue weighted by Crippen LogP contribution is 2.26. The summed E-state index contributed by atoms with van der Waals surface area (Å²) in [5, 5.41) is 21.5. The van der Waals surface area contributed by atoms with Crippen molar-refractivity contribution in [1.29, 1.82) is 0 Å². The van der Waals surface area contributed by atoms with E-state index in [0.717, 1.165) is 6.42 Å². The van der Waals surface area contributed by atoms with Crippen LogP contribution < -0.4 is 0 Å². The normalized spacial score (nSPS) is 20.8. The summed E-state index contributed by atoms with van der Waals surface area (Å²) in [5.41, 5.74) is 1.06. The summed E-state index contributed by atoms with van der Waals surface area (Å²) >= 11 is 0. The van der Waals surface area contributed by atoms with E-state index in [-0.39, 0.29) is 30.6 Å². The van der Waals surface area contributed by atoms with Crippen LogP contribution in [0.1, 0.15) is 41.5 Å². The highest BCUT2D eigenvalue weighted by molar-refractivity contribution is 5.93. The fourth-order valence-electron chi connectivity index (χ4n) is 4.14. The minimum atomic E-state index is -0.868. The minimum absolute atomic E-state index is 0.0128. The van der Waals surface area contributed by atoms with E-state index in [1.165, 1.54) is 0 Å². The molecule has 0 saturated carbocycles. The number of aliphatic carboxylic acids is 1. The van der Waals surface area contributed by atoms with Gasteiger partial charge in [-0.3, -0.25) is 9.59 Å². The van der Waals surface area contributed by atoms with Crippen LogP contribution in [-0.4, -0.2) is 83.5 Å². The molecule has 2 aliphatic heterocycles. The van der Waals surface area contributed by atoms with Crippen LogP contribution in [0.15, 0.2) is 42.9 Å². The van der Waals surface area contributed by atoms with E-state index in [9.17, 15) is 9.59 Å². The lowest BCUT2D eigenvalue weighted by molar-refractivity contribution is -0.141. The zero-order valence-corrected chi connectivity index (χ0v) is 18.4. The molecule has 1 amide bonds. The SMILES string of the molecule is O=C(O)CC1CC(n2cc(COC3CN(C(=O)c4cccc(-n5cccn5)n4)C3)nn2)CCO1. The number of carbonyl (C=O) groups excluding carboxylic acids is 1. The second kappa shape index (κ2) is 9.69. The van der Waals surface area contributed by atoms with Crippen molar-refractivity contribution < 1.29 is 24.2 Å². The molecule has 0 aliphatic carbocycles. The van der Waals surface area contributed by atoms with Crippen LogP contribution in [0, 0.1) is 0 Å². The third-order valence-corrected chi connectivity index (χ3v) is 5.97. The summed E-state index contributed by atoms with van der Waals surface area (Å²) in [7, 11) is 0. The van der Waals surface area contributed by atoms with Gasteiger partial charge in [0, 0.05) is 32.1 Å². The third-order valence-electron chi connectivity index (χ3n) is 5.97. The van der Waals surface area contributed by atoms with Gasteiger partial charge in [-0.05, 0) is 31.0 Å². The number of carboxylic acid groups (broad SMARTS) is 1. The average molecular weight is 467 g/mol. The molecule has 12 nitrogen and oxygen atoms in total. The number of amides is 1. The van der Waals surface area contributed by atoms with E-state index in [1.54, 1.807) is 50.9 Å². The highest BCUT2D eigenvalue weighted by Gasteiger charge is 2.33. The Morgan fingerprint density at radius 3 is 2.91 bits per heavy atom. The Hall–Kier alpha value is -3.64. The molecule has 5 rings (SSSR count). The maximum absolute atomic E-state index is 12.7. The molecule has 0 aromatic carbocycles. The molecule has 0 radical (unpaired) electrons. The number of hydrogen-bond acceptors (Lipinski definition) is 8. The fourth-order valence-corrected chi connectivity index (χ4v) is 4.14. The molecule has 3 aromatic rings. The van der Waals surface area contributed by atoms with Gasteiger partial charge in [0.1, 0.15) is 11.4 Å². The van der Waals surface area contributed by atoms with Crippen molar-refractivity contribution in [3.63, 3.8) is 0 Å². The molecular formula is C22H25N7O5. The molecule has 2 atom stereocenters. The van der Waals surface area contributed by atoms with Gasteiger partial charge in [-0.15, -0.1) is 5.10 Å². The molecule has 2 saturated heterocycles. The molecule has 0 bridgehead atoms. The summed E-state index contributed by atoms with van der Waals surface area (Å²) < 4.78 is 14.8. The van der Waals surface area contributed by atoms with Crippen LogP contribution >= 0.6 is 0 Å². The van der Waals surface area contributed by atoms with Gasteiger partial charge in [0.15, 0.2) is 5.82 Å². The van der Waals surface area contributed by atoms with Crippen LogP contribution in [0.5, 0.6) is 0 Å². The van der Waals surface area contributed by atoms with Gasteiger partial charge in [0.2, 0.25) is 0 Å². The van der Waals surface area contributed by atoms with Crippen molar-refractivity contribution in [2.75, 3.05) is 19.7 Å². The lowest BCUT2D eigenvalue weighted by Crippen LogP contribution is -2.54. The van der Waals surface area contributed by atoms with Gasteiger partial charge < -0.3 is 19.5 Å². The third kappa shape index (κ3) is 4.97. The molecule has 2 aliphatic rings. The number of hydrogen-bond donors (Lipinski definition) is 1. The summed E-state index contributed by atoms with van der Waals surface area (Å²) in [6, 6.07) is 7.13. The molecule has 0 spiro atoms. The molecule has 2 unspecified atom stereocenters. The van der Waals surface area contributed by atoms with Crippen LogP contribution in [0.3, 0.4) is 0 Å². The maximum atomic E-state index is 12.7. The van der Waals surface area contributed by atoms with E-state index in [0.29, 0.717) is 49.9 Å². The Balaban J connectivity index is 1.09. The maximum Gasteiger partial charge on any atom is 0.305 e. The van der Waals surface area contributed by atoms with Crippen LogP contribution in [0.2, 0.25) is 0 Å². The van der Waals surface area contributed by atoms with Crippen molar-refractivity contribution in [1.82, 2.24) is 34.7 Å². The zero-order chi connectivity index (χ0) is 23.5. The lowest BCUT2D eigenvalue weighted by atomic mass is 10.0. The van der Waals surface area contributed by atoms with Crippen molar-refractivity contribution in [2.45, 2.75) is 44.1 Å². The number of pyridine rings is 1. The van der Waals surface area contributed by atoms with Gasteiger partial charge >= 0.3 is 5.97 Å². The monoisotopic (exact) mass is 467 g/mol. The Kier molecular flexibility index (Phi) is 6.32. The second-order valence-electron chi connectivity index (χ2n) is 8.43. The van der Waals surface area contributed by atoms with Crippen LogP contribution in [0.4, 0.5) is 0 Å². The van der Waals surface area contributed by atoms with E-state index in [2.05, 4.69) is 20.4 Å². The highest BCUT2D eigenvalue weighted by atomic mass is 16.5. The number of aromatic nitrogens is 6. The number of carbonyl (C=O) groups is 2. The van der Waals surface area contributed by atoms with Gasteiger partial charge in [0.25, 0.3) is 5.91 Å². The molecule has 5 heterocycles. The first-order valence-electron chi connectivity index (χ1n) is 11.2. The summed E-state index contributed by atoms with van der Waals surface area (Å²) in [6.45, 7) is 1.76. The van der Waals surface area contributed by atoms with Gasteiger partial charge in [0.05, 0.1) is 37.5 Å². The molecule has 178 valence electrons.